The summed E-state index contributed by atoms with van der Waals surface area (Å²) in [7, 11) is 1.65. The molecule has 22 heavy (non-hydrogen) atoms. The number of para-hydroxylation sites is 1. The summed E-state index contributed by atoms with van der Waals surface area (Å²) in [4.78, 5) is 0. The van der Waals surface area contributed by atoms with Gasteiger partial charge in [0.15, 0.2) is 0 Å². The molecular formula is C18H22FNO2. The molecule has 0 saturated heterocycles. The molecule has 4 heteroatoms. The maximum Gasteiger partial charge on any atom is 0.123 e. The van der Waals surface area contributed by atoms with Crippen molar-refractivity contribution < 1.29 is 14.2 Å². The zero-order chi connectivity index (χ0) is 15.9. The van der Waals surface area contributed by atoms with Gasteiger partial charge in [-0.3, -0.25) is 0 Å². The third-order valence-electron chi connectivity index (χ3n) is 3.71. The zero-order valence-electron chi connectivity index (χ0n) is 12.9. The second-order valence-corrected chi connectivity index (χ2v) is 5.18. The highest BCUT2D eigenvalue weighted by molar-refractivity contribution is 5.35. The van der Waals surface area contributed by atoms with Gasteiger partial charge in [0.2, 0.25) is 0 Å². The molecule has 0 aliphatic rings. The zero-order valence-corrected chi connectivity index (χ0v) is 12.9. The molecule has 2 aromatic carbocycles. The van der Waals surface area contributed by atoms with Crippen LogP contribution in [-0.2, 0) is 0 Å². The molecular weight excluding hydrogens is 281 g/mol. The molecule has 2 unspecified atom stereocenters. The van der Waals surface area contributed by atoms with Crippen molar-refractivity contribution in [2.75, 3.05) is 13.7 Å². The molecule has 0 bridgehead atoms. The molecule has 0 heterocycles. The number of rotatable bonds is 7. The fourth-order valence-corrected chi connectivity index (χ4v) is 2.51. The molecule has 0 fully saturated rings. The third kappa shape index (κ3) is 4.06. The van der Waals surface area contributed by atoms with Gasteiger partial charge in [0.05, 0.1) is 13.2 Å². The molecule has 118 valence electrons. The quantitative estimate of drug-likeness (QED) is 0.821. The van der Waals surface area contributed by atoms with Crippen molar-refractivity contribution in [3.8, 4) is 5.75 Å². The number of halogens is 1. The number of hydrogen-bond acceptors (Lipinski definition) is 3. The van der Waals surface area contributed by atoms with Gasteiger partial charge in [-0.05, 0) is 30.2 Å². The predicted molar refractivity (Wildman–Crippen MR) is 85.4 cm³/mol. The van der Waals surface area contributed by atoms with E-state index in [0.717, 1.165) is 17.7 Å². The molecule has 0 aliphatic heterocycles. The molecule has 0 amide bonds. The molecule has 0 aromatic heterocycles. The number of nitrogens with one attached hydrogen (secondary N) is 1. The Hall–Kier alpha value is -1.91. The summed E-state index contributed by atoms with van der Waals surface area (Å²) in [6.07, 6.45) is 0.107. The number of ether oxygens (including phenoxy) is 1. The Morgan fingerprint density at radius 3 is 2.64 bits per heavy atom. The van der Waals surface area contributed by atoms with Crippen LogP contribution in [-0.4, -0.2) is 18.8 Å². The Morgan fingerprint density at radius 2 is 1.95 bits per heavy atom. The summed E-state index contributed by atoms with van der Waals surface area (Å²) >= 11 is 0. The predicted octanol–water partition coefficient (Wildman–Crippen LogP) is 3.61. The lowest BCUT2D eigenvalue weighted by Gasteiger charge is -2.22. The van der Waals surface area contributed by atoms with Crippen LogP contribution in [0.15, 0.2) is 48.5 Å². The van der Waals surface area contributed by atoms with Gasteiger partial charge in [-0.25, -0.2) is 4.39 Å². The van der Waals surface area contributed by atoms with Crippen molar-refractivity contribution in [2.24, 2.45) is 0 Å². The largest absolute Gasteiger partial charge is 0.496 e. The summed E-state index contributed by atoms with van der Waals surface area (Å²) in [6, 6.07) is 13.9. The van der Waals surface area contributed by atoms with Gasteiger partial charge in [-0.1, -0.05) is 37.3 Å². The van der Waals surface area contributed by atoms with Crippen LogP contribution >= 0.6 is 0 Å². The summed E-state index contributed by atoms with van der Waals surface area (Å²) in [5.41, 5.74) is 1.63. The molecule has 2 atom stereocenters. The van der Waals surface area contributed by atoms with Crippen molar-refractivity contribution in [3.63, 3.8) is 0 Å². The molecule has 0 saturated carbocycles. The van der Waals surface area contributed by atoms with E-state index in [1.165, 1.54) is 12.1 Å². The van der Waals surface area contributed by atoms with Crippen LogP contribution < -0.4 is 10.1 Å². The Balaban J connectivity index is 2.05. The normalized spacial score (nSPS) is 13.6. The minimum atomic E-state index is -0.751. The fraction of sp³-hybridized carbons (Fsp3) is 0.333. The van der Waals surface area contributed by atoms with Crippen molar-refractivity contribution in [1.29, 1.82) is 0 Å². The first-order chi connectivity index (χ1) is 10.7. The summed E-state index contributed by atoms with van der Waals surface area (Å²) in [6.45, 7) is 2.42. The van der Waals surface area contributed by atoms with Crippen molar-refractivity contribution in [1.82, 2.24) is 5.32 Å². The molecule has 2 rings (SSSR count). The molecule has 2 N–H and O–H groups in total. The molecule has 0 aliphatic carbocycles. The van der Waals surface area contributed by atoms with E-state index in [0.29, 0.717) is 12.1 Å². The van der Waals surface area contributed by atoms with E-state index in [9.17, 15) is 9.50 Å². The molecule has 0 radical (unpaired) electrons. The van der Waals surface area contributed by atoms with Crippen LogP contribution in [0.5, 0.6) is 5.75 Å². The van der Waals surface area contributed by atoms with Gasteiger partial charge in [0.25, 0.3) is 0 Å². The average molecular weight is 303 g/mol. The first kappa shape index (κ1) is 16.5. The van der Waals surface area contributed by atoms with E-state index in [1.54, 1.807) is 19.2 Å². The number of methoxy groups -OCH3 is 1. The van der Waals surface area contributed by atoms with Crippen molar-refractivity contribution in [3.05, 3.63) is 65.5 Å². The monoisotopic (exact) mass is 303 g/mol. The molecule has 0 spiro atoms. The molecule has 2 aromatic rings. The highest BCUT2D eigenvalue weighted by atomic mass is 19.1. The van der Waals surface area contributed by atoms with E-state index >= 15 is 0 Å². The van der Waals surface area contributed by atoms with Crippen molar-refractivity contribution >= 4 is 0 Å². The number of hydrogen-bond donors (Lipinski definition) is 2. The minimum absolute atomic E-state index is 0.0689. The van der Waals surface area contributed by atoms with E-state index < -0.39 is 6.10 Å². The highest BCUT2D eigenvalue weighted by Gasteiger charge is 2.16. The minimum Gasteiger partial charge on any atom is -0.496 e. The SMILES string of the molecule is CCC(NCC(O)c1cccc(F)c1)c1ccccc1OC. The Kier molecular flexibility index (Phi) is 5.92. The first-order valence-corrected chi connectivity index (χ1v) is 7.45. The lowest BCUT2D eigenvalue weighted by Crippen LogP contribution is -2.26. The standard InChI is InChI=1S/C18H22FNO2/c1-3-16(15-9-4-5-10-18(15)22-2)20-12-17(21)13-7-6-8-14(19)11-13/h4-11,16-17,20-21H,3,12H2,1-2H3. The topological polar surface area (TPSA) is 41.5 Å². The van der Waals surface area contributed by atoms with Crippen LogP contribution in [0, 0.1) is 5.82 Å². The van der Waals surface area contributed by atoms with Gasteiger partial charge >= 0.3 is 0 Å². The van der Waals surface area contributed by atoms with Gasteiger partial charge in [-0.2, -0.15) is 0 Å². The lowest BCUT2D eigenvalue weighted by molar-refractivity contribution is 0.168. The second-order valence-electron chi connectivity index (χ2n) is 5.18. The van der Waals surface area contributed by atoms with Gasteiger partial charge in [0, 0.05) is 18.2 Å². The maximum atomic E-state index is 13.2. The third-order valence-corrected chi connectivity index (χ3v) is 3.71. The number of benzene rings is 2. The van der Waals surface area contributed by atoms with Crippen LogP contribution in [0.1, 0.15) is 36.6 Å². The Bertz CT molecular complexity index is 603. The van der Waals surface area contributed by atoms with Crippen LogP contribution in [0.3, 0.4) is 0 Å². The van der Waals surface area contributed by atoms with Crippen LogP contribution in [0.2, 0.25) is 0 Å². The first-order valence-electron chi connectivity index (χ1n) is 7.45. The number of aliphatic hydroxyl groups excluding tert-OH is 1. The van der Waals surface area contributed by atoms with Crippen LogP contribution in [0.4, 0.5) is 4.39 Å². The van der Waals surface area contributed by atoms with Crippen molar-refractivity contribution in [2.45, 2.75) is 25.5 Å². The fourth-order valence-electron chi connectivity index (χ4n) is 2.51. The summed E-state index contributed by atoms with van der Waals surface area (Å²) < 4.78 is 18.6. The lowest BCUT2D eigenvalue weighted by atomic mass is 10.0. The van der Waals surface area contributed by atoms with Gasteiger partial charge in [-0.15, -0.1) is 0 Å². The summed E-state index contributed by atoms with van der Waals surface area (Å²) in [5, 5.41) is 13.5. The van der Waals surface area contributed by atoms with E-state index in [-0.39, 0.29) is 11.9 Å². The smallest absolute Gasteiger partial charge is 0.123 e. The average Bonchev–Trinajstić information content (AvgIpc) is 2.55. The number of aliphatic hydroxyl groups is 1. The second kappa shape index (κ2) is 7.92. The van der Waals surface area contributed by atoms with Gasteiger partial charge < -0.3 is 15.2 Å². The maximum absolute atomic E-state index is 13.2. The van der Waals surface area contributed by atoms with Crippen LogP contribution in [0.25, 0.3) is 0 Å². The van der Waals surface area contributed by atoms with E-state index in [1.807, 2.05) is 24.3 Å². The molecule has 3 nitrogen and oxygen atoms in total. The highest BCUT2D eigenvalue weighted by Crippen LogP contribution is 2.27. The summed E-state index contributed by atoms with van der Waals surface area (Å²) in [5.74, 6) is 0.482. The van der Waals surface area contributed by atoms with Gasteiger partial charge in [0.1, 0.15) is 11.6 Å². The van der Waals surface area contributed by atoms with E-state index in [2.05, 4.69) is 12.2 Å². The Morgan fingerprint density at radius 1 is 1.18 bits per heavy atom. The van der Waals surface area contributed by atoms with E-state index in [4.69, 9.17) is 4.74 Å². The Labute approximate surface area is 130 Å².